The number of aryl methyl sites for hydroxylation is 3. The summed E-state index contributed by atoms with van der Waals surface area (Å²) in [7, 11) is 0. The first-order valence-electron chi connectivity index (χ1n) is 10.7. The maximum absolute atomic E-state index is 8.33. The Hall–Kier alpha value is -3.75. The number of pyridine rings is 1. The van der Waals surface area contributed by atoms with Gasteiger partial charge in [0.15, 0.2) is 5.82 Å². The quantitative estimate of drug-likeness (QED) is 0.122. The molecule has 0 bridgehead atoms. The van der Waals surface area contributed by atoms with Crippen molar-refractivity contribution in [3.8, 4) is 11.5 Å². The van der Waals surface area contributed by atoms with E-state index in [-0.39, 0.29) is 0 Å². The maximum atomic E-state index is 8.33. The van der Waals surface area contributed by atoms with Crippen molar-refractivity contribution in [2.24, 2.45) is 5.11 Å². The van der Waals surface area contributed by atoms with Crippen molar-refractivity contribution >= 4 is 33.2 Å². The number of hydrogen-bond donors (Lipinski definition) is 1. The number of nitrogens with zero attached hydrogens (tertiary/aromatic N) is 7. The number of fused-ring (bicyclic) bond motifs is 1. The predicted octanol–water partition coefficient (Wildman–Crippen LogP) is 6.66. The number of azide groups is 1. The van der Waals surface area contributed by atoms with Crippen LogP contribution in [0.15, 0.2) is 48.0 Å². The molecule has 0 radical (unpaired) electrons. The topological polar surface area (TPSA) is 122 Å². The number of unbranched alkanes of at least 4 members (excludes halogenated alkanes) is 2. The van der Waals surface area contributed by atoms with Gasteiger partial charge in [-0.15, -0.1) is 0 Å². The highest BCUT2D eigenvalue weighted by Gasteiger charge is 2.12. The Morgan fingerprint density at radius 3 is 2.79 bits per heavy atom. The molecule has 0 spiro atoms. The minimum absolute atomic E-state index is 0.543. The van der Waals surface area contributed by atoms with Crippen molar-refractivity contribution in [1.82, 2.24) is 19.9 Å². The van der Waals surface area contributed by atoms with E-state index in [9.17, 15) is 0 Å². The van der Waals surface area contributed by atoms with Crippen molar-refractivity contribution in [2.45, 2.75) is 39.5 Å². The second-order valence-electron chi connectivity index (χ2n) is 7.59. The number of thiazole rings is 1. The molecule has 0 unspecified atom stereocenters. The van der Waals surface area contributed by atoms with Crippen LogP contribution in [0.3, 0.4) is 0 Å². The summed E-state index contributed by atoms with van der Waals surface area (Å²) in [5.74, 6) is 2.16. The highest BCUT2D eigenvalue weighted by Crippen LogP contribution is 2.31. The van der Waals surface area contributed by atoms with Gasteiger partial charge in [0.1, 0.15) is 28.2 Å². The lowest BCUT2D eigenvalue weighted by atomic mass is 10.2. The van der Waals surface area contributed by atoms with E-state index in [1.54, 1.807) is 23.9 Å². The number of aromatic nitrogens is 4. The van der Waals surface area contributed by atoms with Crippen LogP contribution in [-0.2, 0) is 6.42 Å². The van der Waals surface area contributed by atoms with Crippen LogP contribution in [-0.4, -0.2) is 26.5 Å². The first kappa shape index (κ1) is 22.4. The Labute approximate surface area is 195 Å². The summed E-state index contributed by atoms with van der Waals surface area (Å²) in [5, 5.41) is 7.97. The smallest absolute Gasteiger partial charge is 0.161 e. The maximum Gasteiger partial charge on any atom is 0.161 e. The van der Waals surface area contributed by atoms with Gasteiger partial charge in [0.2, 0.25) is 0 Å². The molecule has 0 aliphatic carbocycles. The van der Waals surface area contributed by atoms with Crippen molar-refractivity contribution < 1.29 is 4.74 Å². The minimum Gasteiger partial charge on any atom is -0.455 e. The van der Waals surface area contributed by atoms with Crippen molar-refractivity contribution in [2.75, 3.05) is 11.9 Å². The Kier molecular flexibility index (Phi) is 7.29. The zero-order valence-corrected chi connectivity index (χ0v) is 19.3. The fourth-order valence-corrected chi connectivity index (χ4v) is 4.24. The van der Waals surface area contributed by atoms with Gasteiger partial charge in [0, 0.05) is 22.8 Å². The third-order valence-electron chi connectivity index (χ3n) is 5.00. The molecule has 33 heavy (non-hydrogen) atoms. The Morgan fingerprint density at radius 1 is 1.09 bits per heavy atom. The molecule has 4 rings (SSSR count). The second-order valence-corrected chi connectivity index (χ2v) is 8.65. The van der Waals surface area contributed by atoms with Crippen LogP contribution in [0.25, 0.3) is 20.8 Å². The molecule has 3 aromatic heterocycles. The van der Waals surface area contributed by atoms with Crippen LogP contribution in [0, 0.1) is 13.8 Å². The second kappa shape index (κ2) is 10.7. The third-order valence-corrected chi connectivity index (χ3v) is 6.02. The van der Waals surface area contributed by atoms with Crippen LogP contribution in [0.2, 0.25) is 0 Å². The molecule has 0 saturated carbocycles. The number of rotatable bonds is 10. The fraction of sp³-hybridized carbons (Fsp3) is 0.304. The van der Waals surface area contributed by atoms with Gasteiger partial charge in [-0.3, -0.25) is 4.98 Å². The summed E-state index contributed by atoms with van der Waals surface area (Å²) in [6, 6.07) is 9.73. The van der Waals surface area contributed by atoms with E-state index in [2.05, 4.69) is 30.3 Å². The molecule has 0 fully saturated rings. The average Bonchev–Trinajstić information content (AvgIpc) is 3.23. The van der Waals surface area contributed by atoms with E-state index in [4.69, 9.17) is 15.3 Å². The van der Waals surface area contributed by atoms with Gasteiger partial charge in [-0.1, -0.05) is 22.9 Å². The molecule has 1 aromatic carbocycles. The minimum atomic E-state index is 0.543. The van der Waals surface area contributed by atoms with Gasteiger partial charge in [0.05, 0.1) is 11.2 Å². The zero-order valence-electron chi connectivity index (χ0n) is 18.5. The normalized spacial score (nSPS) is 10.7. The van der Waals surface area contributed by atoms with Crippen LogP contribution in [0.5, 0.6) is 11.5 Å². The number of hydrogen-bond acceptors (Lipinski definition) is 8. The van der Waals surface area contributed by atoms with Crippen LogP contribution >= 0.6 is 11.3 Å². The number of anilines is 2. The Balaban J connectivity index is 1.43. The summed E-state index contributed by atoms with van der Waals surface area (Å²) in [6.45, 7) is 4.49. The molecular formula is C23H24N8OS. The first-order chi connectivity index (χ1) is 16.1. The molecule has 168 valence electrons. The zero-order chi connectivity index (χ0) is 23.0. The number of nitrogens with one attached hydrogen (secondary N) is 1. The monoisotopic (exact) mass is 460 g/mol. The third kappa shape index (κ3) is 5.94. The van der Waals surface area contributed by atoms with Crippen LogP contribution < -0.4 is 10.1 Å². The number of ether oxygens (including phenoxy) is 1. The van der Waals surface area contributed by atoms with Gasteiger partial charge in [0.25, 0.3) is 0 Å². The van der Waals surface area contributed by atoms with E-state index < -0.39 is 0 Å². The van der Waals surface area contributed by atoms with Gasteiger partial charge in [-0.05, 0) is 74.5 Å². The summed E-state index contributed by atoms with van der Waals surface area (Å²) < 4.78 is 5.96. The Morgan fingerprint density at radius 2 is 2.00 bits per heavy atom. The molecule has 0 amide bonds. The lowest BCUT2D eigenvalue weighted by Crippen LogP contribution is -1.97. The van der Waals surface area contributed by atoms with Gasteiger partial charge in [-0.25, -0.2) is 15.0 Å². The lowest BCUT2D eigenvalue weighted by Gasteiger charge is -2.11. The Bertz CT molecular complexity index is 1280. The van der Waals surface area contributed by atoms with E-state index in [0.717, 1.165) is 63.7 Å². The molecule has 1 N–H and O–H groups in total. The van der Waals surface area contributed by atoms with Gasteiger partial charge >= 0.3 is 0 Å². The molecule has 0 saturated heterocycles. The van der Waals surface area contributed by atoms with Gasteiger partial charge < -0.3 is 10.1 Å². The van der Waals surface area contributed by atoms with Crippen molar-refractivity contribution in [3.05, 3.63) is 69.6 Å². The van der Waals surface area contributed by atoms with E-state index in [1.165, 1.54) is 0 Å². The van der Waals surface area contributed by atoms with Crippen molar-refractivity contribution in [3.63, 3.8) is 0 Å². The highest BCUT2D eigenvalue weighted by molar-refractivity contribution is 7.18. The standard InChI is InChI=1S/C23H24N8OS/c1-15-12-17(8-10-19(15)32-18-9-7-16(2)25-13-18)29-22-21-23(27-14-26-22)33-20(30-21)6-4-3-5-11-28-31-24/h7-10,12-14H,3-6,11H2,1-2H3,(H,26,27,29). The molecule has 9 nitrogen and oxygen atoms in total. The first-order valence-corrected chi connectivity index (χ1v) is 11.5. The summed E-state index contributed by atoms with van der Waals surface area (Å²) in [5.41, 5.74) is 11.9. The van der Waals surface area contributed by atoms with E-state index >= 15 is 0 Å². The molecule has 0 atom stereocenters. The number of benzene rings is 1. The average molecular weight is 461 g/mol. The van der Waals surface area contributed by atoms with E-state index in [1.807, 2.05) is 44.2 Å². The van der Waals surface area contributed by atoms with Crippen molar-refractivity contribution in [1.29, 1.82) is 0 Å². The van der Waals surface area contributed by atoms with Crippen LogP contribution in [0.1, 0.15) is 35.5 Å². The lowest BCUT2D eigenvalue weighted by molar-refractivity contribution is 0.476. The van der Waals surface area contributed by atoms with E-state index in [0.29, 0.717) is 18.1 Å². The highest BCUT2D eigenvalue weighted by atomic mass is 32.1. The molecule has 0 aliphatic rings. The molecule has 10 heteroatoms. The predicted molar refractivity (Wildman–Crippen MR) is 130 cm³/mol. The molecular weight excluding hydrogens is 436 g/mol. The van der Waals surface area contributed by atoms with Crippen LogP contribution in [0.4, 0.5) is 11.5 Å². The summed E-state index contributed by atoms with van der Waals surface area (Å²) >= 11 is 1.59. The molecule has 3 heterocycles. The summed E-state index contributed by atoms with van der Waals surface area (Å²) in [6.07, 6.45) is 7.03. The summed E-state index contributed by atoms with van der Waals surface area (Å²) in [4.78, 5) is 21.5. The molecule has 0 aliphatic heterocycles. The molecule has 4 aromatic rings. The fourth-order valence-electron chi connectivity index (χ4n) is 3.30. The SMILES string of the molecule is Cc1ccc(Oc2ccc(Nc3ncnc4sc(CCCCCN=[N+]=[N-])nc34)cc2C)cn1. The largest absolute Gasteiger partial charge is 0.455 e. The van der Waals surface area contributed by atoms with Gasteiger partial charge in [-0.2, -0.15) is 0 Å².